The molecule has 0 spiro atoms. The molecule has 0 saturated heterocycles. The van der Waals surface area contributed by atoms with Gasteiger partial charge in [0.15, 0.2) is 6.61 Å². The molecule has 0 heterocycles. The number of nitrogens with one attached hydrogen (secondary N) is 1. The average molecular weight is 245 g/mol. The second-order valence-electron chi connectivity index (χ2n) is 4.50. The number of hydrogen-bond donors (Lipinski definition) is 1. The van der Waals surface area contributed by atoms with Crippen LogP contribution in [-0.4, -0.2) is 19.1 Å². The molecule has 1 aliphatic carbocycles. The maximum Gasteiger partial charge on any atom is 0.257 e. The maximum absolute atomic E-state index is 11.5. The van der Waals surface area contributed by atoms with Crippen LogP contribution >= 0.6 is 0 Å². The Labute approximate surface area is 108 Å². The van der Waals surface area contributed by atoms with Gasteiger partial charge in [-0.05, 0) is 48.9 Å². The largest absolute Gasteiger partial charge is 0.484 e. The van der Waals surface area contributed by atoms with Gasteiger partial charge in [-0.3, -0.25) is 4.79 Å². The molecule has 1 aromatic rings. The van der Waals surface area contributed by atoms with Gasteiger partial charge in [0.05, 0.1) is 0 Å². The number of aryl methyl sites for hydroxylation is 2. The summed E-state index contributed by atoms with van der Waals surface area (Å²) in [6.07, 6.45) is 6.07. The Hall–Kier alpha value is -1.77. The molecule has 18 heavy (non-hydrogen) atoms. The third kappa shape index (κ3) is 3.36. The zero-order valence-corrected chi connectivity index (χ0v) is 10.6. The van der Waals surface area contributed by atoms with Gasteiger partial charge in [-0.15, -0.1) is 6.58 Å². The quantitative estimate of drug-likeness (QED) is 0.616. The van der Waals surface area contributed by atoms with Gasteiger partial charge < -0.3 is 10.1 Å². The Morgan fingerprint density at radius 1 is 1.39 bits per heavy atom. The second kappa shape index (κ2) is 6.24. The number of fused-ring (bicyclic) bond motifs is 1. The number of benzene rings is 1. The van der Waals surface area contributed by atoms with Crippen molar-refractivity contribution >= 4 is 5.91 Å². The van der Waals surface area contributed by atoms with Gasteiger partial charge in [0.2, 0.25) is 0 Å². The highest BCUT2D eigenvalue weighted by Crippen LogP contribution is 2.25. The fourth-order valence-electron chi connectivity index (χ4n) is 2.15. The van der Waals surface area contributed by atoms with Crippen LogP contribution in [0, 0.1) is 0 Å². The fraction of sp³-hybridized carbons (Fsp3) is 0.400. The number of hydrogen-bond acceptors (Lipinski definition) is 2. The minimum absolute atomic E-state index is 0.0793. The second-order valence-corrected chi connectivity index (χ2v) is 4.50. The van der Waals surface area contributed by atoms with E-state index in [-0.39, 0.29) is 12.5 Å². The molecule has 0 radical (unpaired) electrons. The van der Waals surface area contributed by atoms with Crippen molar-refractivity contribution in [1.29, 1.82) is 0 Å². The van der Waals surface area contributed by atoms with E-state index in [2.05, 4.69) is 24.0 Å². The van der Waals surface area contributed by atoms with Crippen LogP contribution in [0.5, 0.6) is 5.75 Å². The Morgan fingerprint density at radius 3 is 3.06 bits per heavy atom. The molecular weight excluding hydrogens is 226 g/mol. The first-order chi connectivity index (χ1) is 8.79. The average Bonchev–Trinajstić information content (AvgIpc) is 2.84. The molecule has 96 valence electrons. The zero-order chi connectivity index (χ0) is 12.8. The van der Waals surface area contributed by atoms with Crippen molar-refractivity contribution in [3.05, 3.63) is 42.0 Å². The van der Waals surface area contributed by atoms with Crippen LogP contribution in [0.25, 0.3) is 0 Å². The first-order valence-electron chi connectivity index (χ1n) is 6.42. The summed E-state index contributed by atoms with van der Waals surface area (Å²) in [5, 5.41) is 2.77. The molecule has 1 aliphatic rings. The smallest absolute Gasteiger partial charge is 0.257 e. The molecule has 0 aliphatic heterocycles. The third-order valence-electron chi connectivity index (χ3n) is 3.11. The summed E-state index contributed by atoms with van der Waals surface area (Å²) in [5.74, 6) is 0.701. The van der Waals surface area contributed by atoms with Gasteiger partial charge in [-0.1, -0.05) is 12.1 Å². The van der Waals surface area contributed by atoms with Crippen LogP contribution in [0.4, 0.5) is 0 Å². The molecule has 0 fully saturated rings. The first-order valence-corrected chi connectivity index (χ1v) is 6.42. The highest BCUT2D eigenvalue weighted by molar-refractivity contribution is 5.77. The van der Waals surface area contributed by atoms with Crippen molar-refractivity contribution in [2.24, 2.45) is 0 Å². The van der Waals surface area contributed by atoms with E-state index >= 15 is 0 Å². The Bertz CT molecular complexity index is 440. The van der Waals surface area contributed by atoms with Crippen LogP contribution in [0.2, 0.25) is 0 Å². The monoisotopic (exact) mass is 245 g/mol. The van der Waals surface area contributed by atoms with Gasteiger partial charge in [0.1, 0.15) is 5.75 Å². The first kappa shape index (κ1) is 12.7. The number of carbonyl (C=O) groups excluding carboxylic acids is 1. The minimum Gasteiger partial charge on any atom is -0.484 e. The third-order valence-corrected chi connectivity index (χ3v) is 3.11. The highest BCUT2D eigenvalue weighted by atomic mass is 16.5. The topological polar surface area (TPSA) is 38.3 Å². The van der Waals surface area contributed by atoms with E-state index < -0.39 is 0 Å². The highest BCUT2D eigenvalue weighted by Gasteiger charge is 2.11. The van der Waals surface area contributed by atoms with Crippen LogP contribution in [0.1, 0.15) is 24.0 Å². The minimum atomic E-state index is -0.0858. The van der Waals surface area contributed by atoms with E-state index in [4.69, 9.17) is 4.74 Å². The molecule has 1 aromatic carbocycles. The van der Waals surface area contributed by atoms with Gasteiger partial charge in [0.25, 0.3) is 5.91 Å². The fourth-order valence-corrected chi connectivity index (χ4v) is 2.15. The molecule has 3 heteroatoms. The Balaban J connectivity index is 1.79. The van der Waals surface area contributed by atoms with Crippen LogP contribution < -0.4 is 10.1 Å². The summed E-state index contributed by atoms with van der Waals surface area (Å²) in [7, 11) is 0. The molecule has 0 unspecified atom stereocenters. The van der Waals surface area contributed by atoms with Crippen LogP contribution in [0.15, 0.2) is 30.9 Å². The van der Waals surface area contributed by atoms with Crippen molar-refractivity contribution < 1.29 is 9.53 Å². The summed E-state index contributed by atoms with van der Waals surface area (Å²) >= 11 is 0. The summed E-state index contributed by atoms with van der Waals surface area (Å²) in [6.45, 7) is 4.30. The number of ether oxygens (including phenoxy) is 1. The van der Waals surface area contributed by atoms with E-state index in [1.807, 2.05) is 6.07 Å². The number of amides is 1. The van der Waals surface area contributed by atoms with Gasteiger partial charge in [0, 0.05) is 6.54 Å². The van der Waals surface area contributed by atoms with E-state index in [9.17, 15) is 4.79 Å². The summed E-state index contributed by atoms with van der Waals surface area (Å²) in [4.78, 5) is 11.5. The van der Waals surface area contributed by atoms with Gasteiger partial charge in [-0.2, -0.15) is 0 Å². The molecule has 0 aromatic heterocycles. The lowest BCUT2D eigenvalue weighted by molar-refractivity contribution is -0.123. The van der Waals surface area contributed by atoms with E-state index in [1.54, 1.807) is 6.08 Å². The van der Waals surface area contributed by atoms with E-state index in [1.165, 1.54) is 17.5 Å². The molecule has 0 atom stereocenters. The SMILES string of the molecule is C=CCCNC(=O)COc1ccc2c(c1)CCC2. The lowest BCUT2D eigenvalue weighted by Gasteiger charge is -2.08. The maximum atomic E-state index is 11.5. The summed E-state index contributed by atoms with van der Waals surface area (Å²) in [6, 6.07) is 6.10. The number of carbonyl (C=O) groups is 1. The van der Waals surface area contributed by atoms with Crippen molar-refractivity contribution in [2.75, 3.05) is 13.2 Å². The van der Waals surface area contributed by atoms with Crippen molar-refractivity contribution in [3.63, 3.8) is 0 Å². The summed E-state index contributed by atoms with van der Waals surface area (Å²) in [5.41, 5.74) is 2.78. The van der Waals surface area contributed by atoms with E-state index in [0.717, 1.165) is 25.0 Å². The normalized spacial score (nSPS) is 12.9. The molecule has 2 rings (SSSR count). The van der Waals surface area contributed by atoms with Crippen LogP contribution in [0.3, 0.4) is 0 Å². The lowest BCUT2D eigenvalue weighted by Crippen LogP contribution is -2.29. The zero-order valence-electron chi connectivity index (χ0n) is 10.6. The van der Waals surface area contributed by atoms with Crippen molar-refractivity contribution in [2.45, 2.75) is 25.7 Å². The molecule has 0 bridgehead atoms. The molecular formula is C15H19NO2. The Kier molecular flexibility index (Phi) is 4.40. The van der Waals surface area contributed by atoms with Crippen molar-refractivity contribution in [1.82, 2.24) is 5.32 Å². The molecule has 3 nitrogen and oxygen atoms in total. The van der Waals surface area contributed by atoms with Gasteiger partial charge in [-0.25, -0.2) is 0 Å². The van der Waals surface area contributed by atoms with Crippen LogP contribution in [-0.2, 0) is 17.6 Å². The molecule has 1 amide bonds. The summed E-state index contributed by atoms with van der Waals surface area (Å²) < 4.78 is 5.49. The molecule has 0 saturated carbocycles. The van der Waals surface area contributed by atoms with Gasteiger partial charge >= 0.3 is 0 Å². The Morgan fingerprint density at radius 2 is 2.22 bits per heavy atom. The lowest BCUT2D eigenvalue weighted by atomic mass is 10.1. The van der Waals surface area contributed by atoms with E-state index in [0.29, 0.717) is 6.54 Å². The van der Waals surface area contributed by atoms with Crippen molar-refractivity contribution in [3.8, 4) is 5.75 Å². The number of rotatable bonds is 6. The standard InChI is InChI=1S/C15H19NO2/c1-2-3-9-16-15(17)11-18-14-8-7-12-5-4-6-13(12)10-14/h2,7-8,10H,1,3-6,9,11H2,(H,16,17). The molecule has 1 N–H and O–H groups in total. The predicted octanol–water partition coefficient (Wildman–Crippen LogP) is 2.25. The predicted molar refractivity (Wildman–Crippen MR) is 71.8 cm³/mol.